The van der Waals surface area contributed by atoms with Crippen LogP contribution in [0.5, 0.6) is 5.75 Å². The van der Waals surface area contributed by atoms with Crippen LogP contribution in [0.1, 0.15) is 18.1 Å². The Morgan fingerprint density at radius 3 is 2.82 bits per heavy atom. The summed E-state index contributed by atoms with van der Waals surface area (Å²) in [4.78, 5) is 11.7. The van der Waals surface area contributed by atoms with Crippen molar-refractivity contribution >= 4 is 5.91 Å². The minimum atomic E-state index is -0.0353. The molecule has 1 aromatic carbocycles. The van der Waals surface area contributed by atoms with Gasteiger partial charge in [-0.3, -0.25) is 4.79 Å². The number of carbonyl (C=O) groups excluding carboxylic acids is 1. The second kappa shape index (κ2) is 6.25. The molecule has 0 aliphatic heterocycles. The zero-order chi connectivity index (χ0) is 12.8. The molecule has 1 rings (SSSR count). The summed E-state index contributed by atoms with van der Waals surface area (Å²) >= 11 is 0. The molecule has 0 aromatic heterocycles. The first-order chi connectivity index (χ1) is 8.08. The molecule has 1 atom stereocenters. The van der Waals surface area contributed by atoms with Crippen molar-refractivity contribution in [2.75, 3.05) is 13.7 Å². The summed E-state index contributed by atoms with van der Waals surface area (Å²) in [7, 11) is 1.62. The van der Waals surface area contributed by atoms with Gasteiger partial charge in [-0.1, -0.05) is 18.2 Å². The Morgan fingerprint density at radius 1 is 1.53 bits per heavy atom. The van der Waals surface area contributed by atoms with Crippen LogP contribution >= 0.6 is 0 Å². The maximum Gasteiger partial charge on any atom is 0.224 e. The normalized spacial score (nSPS) is 12.0. The molecule has 1 aromatic rings. The van der Waals surface area contributed by atoms with Gasteiger partial charge in [0.1, 0.15) is 5.75 Å². The van der Waals surface area contributed by atoms with Gasteiger partial charge in [0.2, 0.25) is 5.91 Å². The number of para-hydroxylation sites is 1. The standard InChI is InChI=1S/C13H20N2O2/c1-9-5-4-6-11(13(9)17-3)7-12(16)15-10(2)8-14/h4-6,10H,7-8,14H2,1-3H3,(H,15,16). The van der Waals surface area contributed by atoms with Crippen molar-refractivity contribution in [3.8, 4) is 5.75 Å². The number of carbonyl (C=O) groups is 1. The summed E-state index contributed by atoms with van der Waals surface area (Å²) < 4.78 is 5.30. The molecule has 94 valence electrons. The first kappa shape index (κ1) is 13.5. The van der Waals surface area contributed by atoms with E-state index in [1.165, 1.54) is 0 Å². The highest BCUT2D eigenvalue weighted by Crippen LogP contribution is 2.23. The van der Waals surface area contributed by atoms with Crippen molar-refractivity contribution < 1.29 is 9.53 Å². The molecule has 1 amide bonds. The van der Waals surface area contributed by atoms with Crippen molar-refractivity contribution in [1.82, 2.24) is 5.32 Å². The number of ether oxygens (including phenoxy) is 1. The van der Waals surface area contributed by atoms with Crippen molar-refractivity contribution in [3.05, 3.63) is 29.3 Å². The SMILES string of the molecule is COc1c(C)cccc1CC(=O)NC(C)CN. The maximum atomic E-state index is 11.7. The van der Waals surface area contributed by atoms with Gasteiger partial charge >= 0.3 is 0 Å². The van der Waals surface area contributed by atoms with Crippen molar-refractivity contribution in [2.45, 2.75) is 26.3 Å². The highest BCUT2D eigenvalue weighted by molar-refractivity contribution is 5.79. The second-order valence-electron chi connectivity index (χ2n) is 4.15. The van der Waals surface area contributed by atoms with E-state index in [0.717, 1.165) is 16.9 Å². The van der Waals surface area contributed by atoms with Crippen LogP contribution in [-0.2, 0) is 11.2 Å². The Hall–Kier alpha value is -1.55. The molecular weight excluding hydrogens is 216 g/mol. The van der Waals surface area contributed by atoms with Crippen LogP contribution < -0.4 is 15.8 Å². The third-order valence-corrected chi connectivity index (χ3v) is 2.61. The molecule has 0 bridgehead atoms. The number of hydrogen-bond donors (Lipinski definition) is 2. The molecular formula is C13H20N2O2. The molecule has 17 heavy (non-hydrogen) atoms. The molecule has 0 radical (unpaired) electrons. The number of hydrogen-bond acceptors (Lipinski definition) is 3. The van der Waals surface area contributed by atoms with Crippen LogP contribution in [0.4, 0.5) is 0 Å². The van der Waals surface area contributed by atoms with E-state index in [4.69, 9.17) is 10.5 Å². The lowest BCUT2D eigenvalue weighted by molar-refractivity contribution is -0.121. The van der Waals surface area contributed by atoms with Crippen LogP contribution in [-0.4, -0.2) is 25.6 Å². The maximum absolute atomic E-state index is 11.7. The Balaban J connectivity index is 2.74. The van der Waals surface area contributed by atoms with E-state index < -0.39 is 0 Å². The lowest BCUT2D eigenvalue weighted by Crippen LogP contribution is -2.38. The van der Waals surface area contributed by atoms with Crippen LogP contribution in [0.15, 0.2) is 18.2 Å². The van der Waals surface area contributed by atoms with E-state index in [-0.39, 0.29) is 11.9 Å². The second-order valence-corrected chi connectivity index (χ2v) is 4.15. The molecule has 4 heteroatoms. The fraction of sp³-hybridized carbons (Fsp3) is 0.462. The zero-order valence-electron chi connectivity index (χ0n) is 10.6. The highest BCUT2D eigenvalue weighted by atomic mass is 16.5. The van der Waals surface area contributed by atoms with E-state index >= 15 is 0 Å². The molecule has 0 heterocycles. The number of rotatable bonds is 5. The van der Waals surface area contributed by atoms with Gasteiger partial charge in [-0.2, -0.15) is 0 Å². The number of benzene rings is 1. The van der Waals surface area contributed by atoms with Crippen LogP contribution in [0.25, 0.3) is 0 Å². The van der Waals surface area contributed by atoms with Gasteiger partial charge in [0.25, 0.3) is 0 Å². The molecule has 0 spiro atoms. The van der Waals surface area contributed by atoms with E-state index in [0.29, 0.717) is 13.0 Å². The summed E-state index contributed by atoms with van der Waals surface area (Å²) in [6.45, 7) is 4.28. The largest absolute Gasteiger partial charge is 0.496 e. The number of amides is 1. The average Bonchev–Trinajstić information content (AvgIpc) is 2.29. The topological polar surface area (TPSA) is 64.3 Å². The van der Waals surface area contributed by atoms with E-state index in [1.54, 1.807) is 7.11 Å². The number of nitrogens with two attached hydrogens (primary N) is 1. The van der Waals surface area contributed by atoms with Crippen molar-refractivity contribution in [1.29, 1.82) is 0 Å². The summed E-state index contributed by atoms with van der Waals surface area (Å²) in [6, 6.07) is 5.78. The van der Waals surface area contributed by atoms with E-state index in [1.807, 2.05) is 32.0 Å². The molecule has 0 aliphatic rings. The molecule has 4 nitrogen and oxygen atoms in total. The van der Waals surface area contributed by atoms with Crippen LogP contribution in [0.2, 0.25) is 0 Å². The number of aryl methyl sites for hydroxylation is 1. The van der Waals surface area contributed by atoms with Crippen LogP contribution in [0, 0.1) is 6.92 Å². The van der Waals surface area contributed by atoms with Crippen molar-refractivity contribution in [3.63, 3.8) is 0 Å². The summed E-state index contributed by atoms with van der Waals surface area (Å²) in [5.41, 5.74) is 7.38. The minimum Gasteiger partial charge on any atom is -0.496 e. The lowest BCUT2D eigenvalue weighted by Gasteiger charge is -2.14. The Kier molecular flexibility index (Phi) is 4.97. The Morgan fingerprint density at radius 2 is 2.24 bits per heavy atom. The Labute approximate surface area is 102 Å². The molecule has 1 unspecified atom stereocenters. The quantitative estimate of drug-likeness (QED) is 0.802. The fourth-order valence-corrected chi connectivity index (χ4v) is 1.70. The van der Waals surface area contributed by atoms with Gasteiger partial charge < -0.3 is 15.8 Å². The predicted molar refractivity (Wildman–Crippen MR) is 68.1 cm³/mol. The molecule has 0 saturated carbocycles. The molecule has 0 aliphatic carbocycles. The first-order valence-electron chi connectivity index (χ1n) is 5.70. The summed E-state index contributed by atoms with van der Waals surface area (Å²) in [6.07, 6.45) is 0.315. The molecule has 0 fully saturated rings. The summed E-state index contributed by atoms with van der Waals surface area (Å²) in [5.74, 6) is 0.745. The van der Waals surface area contributed by atoms with Gasteiger partial charge in [0, 0.05) is 18.2 Å². The third-order valence-electron chi connectivity index (χ3n) is 2.61. The van der Waals surface area contributed by atoms with Gasteiger partial charge in [-0.05, 0) is 19.4 Å². The smallest absolute Gasteiger partial charge is 0.224 e. The van der Waals surface area contributed by atoms with Gasteiger partial charge in [-0.25, -0.2) is 0 Å². The average molecular weight is 236 g/mol. The lowest BCUT2D eigenvalue weighted by atomic mass is 10.1. The van der Waals surface area contributed by atoms with Gasteiger partial charge in [-0.15, -0.1) is 0 Å². The minimum absolute atomic E-state index is 0.00157. The van der Waals surface area contributed by atoms with E-state index in [2.05, 4.69) is 5.32 Å². The summed E-state index contributed by atoms with van der Waals surface area (Å²) in [5, 5.41) is 2.83. The van der Waals surface area contributed by atoms with Crippen molar-refractivity contribution in [2.24, 2.45) is 5.73 Å². The van der Waals surface area contributed by atoms with Gasteiger partial charge in [0.05, 0.1) is 13.5 Å². The monoisotopic (exact) mass is 236 g/mol. The zero-order valence-corrected chi connectivity index (χ0v) is 10.6. The first-order valence-corrected chi connectivity index (χ1v) is 5.70. The fourth-order valence-electron chi connectivity index (χ4n) is 1.70. The highest BCUT2D eigenvalue weighted by Gasteiger charge is 2.11. The molecule has 0 saturated heterocycles. The van der Waals surface area contributed by atoms with Crippen LogP contribution in [0.3, 0.4) is 0 Å². The third kappa shape index (κ3) is 3.75. The number of nitrogens with one attached hydrogen (secondary N) is 1. The van der Waals surface area contributed by atoms with E-state index in [9.17, 15) is 4.79 Å². The molecule has 3 N–H and O–H groups in total. The van der Waals surface area contributed by atoms with Gasteiger partial charge in [0.15, 0.2) is 0 Å². The Bertz CT molecular complexity index is 391. The predicted octanol–water partition coefficient (Wildman–Crippen LogP) is 1.01. The number of methoxy groups -OCH3 is 1.